The Morgan fingerprint density at radius 1 is 1.22 bits per heavy atom. The van der Waals surface area contributed by atoms with Gasteiger partial charge in [0.1, 0.15) is 12.2 Å². The van der Waals surface area contributed by atoms with Gasteiger partial charge in [-0.15, -0.1) is 16.6 Å². The number of pyridine rings is 1. The van der Waals surface area contributed by atoms with Crippen LogP contribution in [0.25, 0.3) is 5.82 Å². The molecule has 4 aromatic rings. The number of benzene rings is 1. The van der Waals surface area contributed by atoms with Crippen LogP contribution in [0.3, 0.4) is 0 Å². The van der Waals surface area contributed by atoms with Crippen molar-refractivity contribution in [3.63, 3.8) is 0 Å². The highest BCUT2D eigenvalue weighted by Crippen LogP contribution is 2.27. The number of carbonyl (C=O) groups is 2. The summed E-state index contributed by atoms with van der Waals surface area (Å²) in [5.74, 6) is -0.442. The molecule has 0 aliphatic heterocycles. The first-order valence-corrected chi connectivity index (χ1v) is 12.0. The van der Waals surface area contributed by atoms with Gasteiger partial charge in [-0.05, 0) is 55.0 Å². The van der Waals surface area contributed by atoms with E-state index in [2.05, 4.69) is 42.0 Å². The zero-order valence-corrected chi connectivity index (χ0v) is 22.0. The van der Waals surface area contributed by atoms with Crippen molar-refractivity contribution in [2.75, 3.05) is 5.32 Å². The van der Waals surface area contributed by atoms with Gasteiger partial charge in [0.15, 0.2) is 5.82 Å². The van der Waals surface area contributed by atoms with Gasteiger partial charge in [0.25, 0.3) is 17.6 Å². The van der Waals surface area contributed by atoms with Gasteiger partial charge in [-0.3, -0.25) is 9.59 Å². The summed E-state index contributed by atoms with van der Waals surface area (Å²) >= 11 is 6.29. The summed E-state index contributed by atoms with van der Waals surface area (Å²) < 4.78 is 39.8. The third kappa shape index (κ3) is 6.32. The van der Waals surface area contributed by atoms with E-state index in [1.807, 2.05) is 6.07 Å². The fourth-order valence-corrected chi connectivity index (χ4v) is 3.82. The van der Waals surface area contributed by atoms with E-state index in [0.29, 0.717) is 10.4 Å². The van der Waals surface area contributed by atoms with Gasteiger partial charge in [-0.1, -0.05) is 17.5 Å². The first kappa shape index (κ1) is 28.7. The molecule has 1 unspecified atom stereocenters. The second-order valence-electron chi connectivity index (χ2n) is 8.53. The van der Waals surface area contributed by atoms with Crippen molar-refractivity contribution in [3.8, 4) is 24.2 Å². The maximum absolute atomic E-state index is 13.6. The number of nitrogens with one attached hydrogen (secondary N) is 2. The van der Waals surface area contributed by atoms with E-state index in [-0.39, 0.29) is 45.6 Å². The highest BCUT2D eigenvalue weighted by Gasteiger charge is 2.37. The lowest BCUT2D eigenvalue weighted by atomic mass is 10.0. The topological polar surface area (TPSA) is 156 Å². The molecule has 0 radical (unpaired) electrons. The van der Waals surface area contributed by atoms with E-state index in [9.17, 15) is 28.0 Å². The van der Waals surface area contributed by atoms with E-state index in [0.717, 1.165) is 4.68 Å². The van der Waals surface area contributed by atoms with Crippen LogP contribution in [0.4, 0.5) is 18.9 Å². The maximum atomic E-state index is 13.6. The molecule has 2 amide bonds. The fourth-order valence-electron chi connectivity index (χ4n) is 3.62. The first-order chi connectivity index (χ1) is 19.4. The monoisotopic (exact) mass is 582 g/mol. The molecular formula is C25H18ClF3N10O2. The molecule has 2 N–H and O–H groups in total. The molecular weight excluding hydrogens is 565 g/mol. The van der Waals surface area contributed by atoms with Crippen LogP contribution in [-0.4, -0.2) is 52.8 Å². The number of aromatic nitrogens is 7. The predicted molar refractivity (Wildman–Crippen MR) is 138 cm³/mol. The first-order valence-electron chi connectivity index (χ1n) is 11.6. The van der Waals surface area contributed by atoms with Crippen molar-refractivity contribution in [2.24, 2.45) is 0 Å². The number of tetrazole rings is 1. The zero-order chi connectivity index (χ0) is 29.9. The van der Waals surface area contributed by atoms with Gasteiger partial charge in [0, 0.05) is 6.20 Å². The number of amides is 2. The third-order valence-corrected chi connectivity index (χ3v) is 5.78. The van der Waals surface area contributed by atoms with Crippen LogP contribution in [0.2, 0.25) is 5.02 Å². The van der Waals surface area contributed by atoms with Crippen molar-refractivity contribution in [3.05, 3.63) is 75.5 Å². The van der Waals surface area contributed by atoms with E-state index in [1.165, 1.54) is 30.5 Å². The molecule has 1 aromatic carbocycles. The summed E-state index contributed by atoms with van der Waals surface area (Å²) in [7, 11) is 0. The summed E-state index contributed by atoms with van der Waals surface area (Å²) in [6.45, 7) is 2.79. The molecule has 3 heterocycles. The van der Waals surface area contributed by atoms with E-state index in [1.54, 1.807) is 19.9 Å². The summed E-state index contributed by atoms with van der Waals surface area (Å²) in [6, 6.07) is 8.42. The van der Waals surface area contributed by atoms with Gasteiger partial charge in [-0.25, -0.2) is 9.67 Å². The Morgan fingerprint density at radius 2 is 1.98 bits per heavy atom. The molecule has 1 atom stereocenters. The smallest absolute Gasteiger partial charge is 0.339 e. The number of alkyl halides is 3. The van der Waals surface area contributed by atoms with Crippen molar-refractivity contribution < 1.29 is 22.8 Å². The number of halogens is 4. The lowest BCUT2D eigenvalue weighted by Gasteiger charge is -2.16. The van der Waals surface area contributed by atoms with Crippen LogP contribution >= 0.6 is 11.6 Å². The Morgan fingerprint density at radius 3 is 2.61 bits per heavy atom. The Hall–Kier alpha value is -5.28. The largest absolute Gasteiger partial charge is 0.455 e. The lowest BCUT2D eigenvalue weighted by molar-refractivity contribution is -0.145. The zero-order valence-electron chi connectivity index (χ0n) is 21.2. The molecule has 0 aliphatic carbocycles. The molecule has 208 valence electrons. The number of hydrogen-bond donors (Lipinski definition) is 2. The number of hydrogen-bond acceptors (Lipinski definition) is 8. The summed E-state index contributed by atoms with van der Waals surface area (Å²) in [5, 5.41) is 28.7. The van der Waals surface area contributed by atoms with Crippen molar-refractivity contribution in [2.45, 2.75) is 32.6 Å². The summed E-state index contributed by atoms with van der Waals surface area (Å²) in [6.07, 6.45) is 1.96. The quantitative estimate of drug-likeness (QED) is 0.315. The van der Waals surface area contributed by atoms with Gasteiger partial charge in [-0.2, -0.15) is 28.3 Å². The molecule has 16 heteroatoms. The molecule has 0 aliphatic rings. The summed E-state index contributed by atoms with van der Waals surface area (Å²) in [5.41, 5.74) is 0.564. The molecule has 0 saturated heterocycles. The number of rotatable bonds is 7. The van der Waals surface area contributed by atoms with Crippen LogP contribution in [0.5, 0.6) is 0 Å². The maximum Gasteiger partial charge on any atom is 0.455 e. The molecule has 12 nitrogen and oxygen atoms in total. The molecule has 0 bridgehead atoms. The molecule has 3 aromatic heterocycles. The SMILES string of the molecule is C#CC(C)NC(=O)c1cc(C#N)cc(C)c1NC(=O)c1cc(Cn2nnc(C(F)(F)F)n2)nn1-c1ncccc1Cl. The van der Waals surface area contributed by atoms with Gasteiger partial charge in [0.2, 0.25) is 0 Å². The number of carbonyl (C=O) groups excluding carboxylic acids is 2. The Labute approximate surface area is 235 Å². The van der Waals surface area contributed by atoms with Gasteiger partial charge in [0.05, 0.1) is 39.6 Å². The van der Waals surface area contributed by atoms with Crippen LogP contribution < -0.4 is 10.6 Å². The van der Waals surface area contributed by atoms with Crippen LogP contribution in [-0.2, 0) is 12.7 Å². The number of anilines is 1. The van der Waals surface area contributed by atoms with Crippen LogP contribution in [0.1, 0.15) is 50.4 Å². The van der Waals surface area contributed by atoms with Crippen LogP contribution in [0.15, 0.2) is 36.5 Å². The molecule has 0 spiro atoms. The average molecular weight is 583 g/mol. The Balaban J connectivity index is 1.75. The lowest BCUT2D eigenvalue weighted by Crippen LogP contribution is -2.32. The Kier molecular flexibility index (Phi) is 8.02. The van der Waals surface area contributed by atoms with Crippen molar-refractivity contribution >= 4 is 29.1 Å². The minimum absolute atomic E-state index is 0.0225. The highest BCUT2D eigenvalue weighted by atomic mass is 35.5. The highest BCUT2D eigenvalue weighted by molar-refractivity contribution is 6.32. The number of aryl methyl sites for hydroxylation is 1. The molecule has 0 fully saturated rings. The van der Waals surface area contributed by atoms with E-state index >= 15 is 0 Å². The van der Waals surface area contributed by atoms with Gasteiger partial charge < -0.3 is 10.6 Å². The summed E-state index contributed by atoms with van der Waals surface area (Å²) in [4.78, 5) is 31.4. The predicted octanol–water partition coefficient (Wildman–Crippen LogP) is 3.16. The Bertz CT molecular complexity index is 1730. The average Bonchev–Trinajstić information content (AvgIpc) is 3.57. The minimum Gasteiger partial charge on any atom is -0.339 e. The van der Waals surface area contributed by atoms with Crippen molar-refractivity contribution in [1.82, 2.24) is 40.3 Å². The molecule has 0 saturated carbocycles. The second kappa shape index (κ2) is 11.4. The normalized spacial score (nSPS) is 11.8. The second-order valence-corrected chi connectivity index (χ2v) is 8.93. The molecule has 41 heavy (non-hydrogen) atoms. The van der Waals surface area contributed by atoms with Crippen LogP contribution in [0, 0.1) is 30.6 Å². The number of nitrogens with zero attached hydrogens (tertiary/aromatic N) is 8. The number of nitriles is 1. The van der Waals surface area contributed by atoms with E-state index < -0.39 is 29.9 Å². The minimum atomic E-state index is -4.80. The fraction of sp³-hybridized carbons (Fsp3) is 0.200. The molecule has 4 rings (SSSR count). The number of terminal acetylenes is 1. The third-order valence-electron chi connectivity index (χ3n) is 5.49. The van der Waals surface area contributed by atoms with Crippen molar-refractivity contribution in [1.29, 1.82) is 5.26 Å². The van der Waals surface area contributed by atoms with E-state index in [4.69, 9.17) is 18.0 Å². The van der Waals surface area contributed by atoms with Gasteiger partial charge >= 0.3 is 6.18 Å². The standard InChI is InChI=1S/C25H18ClF3N10O2/c1-4-14(3)32-22(40)17-9-15(11-30)8-13(2)20(17)33-23(41)19-10-16(12-38-36-24(34-37-38)25(27,28)29)35-39(19)21-18(26)6-5-7-31-21/h1,5-10,14H,12H2,2-3H3,(H,32,40)(H,33,41).